The lowest BCUT2D eigenvalue weighted by atomic mass is 9.48. The topological polar surface area (TPSA) is 129 Å². The average Bonchev–Trinajstić information content (AvgIpc) is 3.62. The monoisotopic (exact) mass is 762 g/mol. The Balaban J connectivity index is 1.09. The van der Waals surface area contributed by atoms with E-state index in [9.17, 15) is 19.5 Å². The number of anilines is 3. The molecule has 3 saturated heterocycles. The molecule has 11 heteroatoms. The molecule has 2 aliphatic carbocycles. The number of benzene rings is 4. The second kappa shape index (κ2) is 13.5. The molecule has 1 saturated carbocycles. The summed E-state index contributed by atoms with van der Waals surface area (Å²) in [5, 5.41) is 11.7. The first-order valence-electron chi connectivity index (χ1n) is 19.7. The van der Waals surface area contributed by atoms with Crippen molar-refractivity contribution in [1.29, 1.82) is 0 Å². The predicted molar refractivity (Wildman–Crippen MR) is 212 cm³/mol. The third-order valence-corrected chi connectivity index (χ3v) is 13.0. The van der Waals surface area contributed by atoms with Crippen LogP contribution in [0, 0.1) is 36.5 Å². The summed E-state index contributed by atoms with van der Waals surface area (Å²) in [6.45, 7) is 4.79. The maximum atomic E-state index is 15.5. The molecular formula is C46H42N4O7. The standard InChI is InChI=1S/C46H42N4O7/c1-27-7-9-31(10-8-27)47-50-43(53)38-25-37-35(16-17-36-40(37)44(54)49(42(36)52)33-13-11-32(12-14-33)48-19-21-56-22-20-48)41(46(38,45(50)55)30-5-3-2-4-6-30)29-23-28-24-34(51)15-18-39(28)57-26-29/h2-16,18,24,26,36-38,40-41,47,51H,17,19-23,25H2,1H3. The second-order valence-electron chi connectivity index (χ2n) is 16.0. The van der Waals surface area contributed by atoms with Gasteiger partial charge in [0.25, 0.3) is 11.8 Å². The van der Waals surface area contributed by atoms with Gasteiger partial charge in [0.15, 0.2) is 0 Å². The van der Waals surface area contributed by atoms with Gasteiger partial charge in [0, 0.05) is 36.7 Å². The highest BCUT2D eigenvalue weighted by atomic mass is 16.5. The van der Waals surface area contributed by atoms with Gasteiger partial charge < -0.3 is 19.5 Å². The van der Waals surface area contributed by atoms with Gasteiger partial charge in [-0.1, -0.05) is 59.7 Å². The fourth-order valence-corrected chi connectivity index (χ4v) is 10.5. The summed E-state index contributed by atoms with van der Waals surface area (Å²) in [5.74, 6) is -4.08. The molecule has 4 heterocycles. The quantitative estimate of drug-likeness (QED) is 0.178. The summed E-state index contributed by atoms with van der Waals surface area (Å²) in [6.07, 6.45) is 4.59. The van der Waals surface area contributed by atoms with Crippen molar-refractivity contribution in [2.75, 3.05) is 41.5 Å². The van der Waals surface area contributed by atoms with Crippen LogP contribution in [0.25, 0.3) is 0 Å². The van der Waals surface area contributed by atoms with Crippen molar-refractivity contribution < 1.29 is 33.8 Å². The zero-order chi connectivity index (χ0) is 39.0. The van der Waals surface area contributed by atoms with Crippen molar-refractivity contribution in [3.05, 3.63) is 137 Å². The average molecular weight is 763 g/mol. The third kappa shape index (κ3) is 5.43. The molecular weight excluding hydrogens is 721 g/mol. The molecule has 4 aliphatic heterocycles. The number of carbonyl (C=O) groups excluding carboxylic acids is 4. The van der Waals surface area contributed by atoms with Crippen LogP contribution < -0.4 is 20.0 Å². The highest BCUT2D eigenvalue weighted by Crippen LogP contribution is 2.63. The van der Waals surface area contributed by atoms with Crippen LogP contribution in [0.4, 0.5) is 17.1 Å². The molecule has 11 nitrogen and oxygen atoms in total. The van der Waals surface area contributed by atoms with E-state index in [1.165, 1.54) is 9.91 Å². The first-order chi connectivity index (χ1) is 27.7. The number of phenolic OH excluding ortho intramolecular Hbond substituents is 1. The molecule has 0 radical (unpaired) electrons. The number of hydrogen-bond acceptors (Lipinski definition) is 9. The zero-order valence-electron chi connectivity index (χ0n) is 31.5. The van der Waals surface area contributed by atoms with E-state index in [0.29, 0.717) is 48.7 Å². The summed E-state index contributed by atoms with van der Waals surface area (Å²) in [7, 11) is 0. The van der Waals surface area contributed by atoms with Crippen LogP contribution in [0.1, 0.15) is 29.5 Å². The van der Waals surface area contributed by atoms with Crippen molar-refractivity contribution in [1.82, 2.24) is 5.01 Å². The summed E-state index contributed by atoms with van der Waals surface area (Å²) in [4.78, 5) is 63.1. The Labute approximate surface area is 330 Å². The van der Waals surface area contributed by atoms with Gasteiger partial charge in [-0.25, -0.2) is 0 Å². The van der Waals surface area contributed by atoms with Crippen molar-refractivity contribution in [2.45, 2.75) is 31.6 Å². The molecule has 4 aromatic carbocycles. The first kappa shape index (κ1) is 35.2. The minimum absolute atomic E-state index is 0.0872. The number of ether oxygens (including phenoxy) is 2. The van der Waals surface area contributed by atoms with E-state index in [4.69, 9.17) is 9.47 Å². The minimum Gasteiger partial charge on any atom is -0.508 e. The van der Waals surface area contributed by atoms with E-state index in [2.05, 4.69) is 16.4 Å². The van der Waals surface area contributed by atoms with Crippen LogP contribution in [0.5, 0.6) is 11.5 Å². The third-order valence-electron chi connectivity index (χ3n) is 13.0. The molecule has 288 valence electrons. The van der Waals surface area contributed by atoms with Gasteiger partial charge in [0.1, 0.15) is 11.5 Å². The van der Waals surface area contributed by atoms with E-state index < -0.39 is 46.8 Å². The van der Waals surface area contributed by atoms with E-state index in [1.807, 2.05) is 85.8 Å². The summed E-state index contributed by atoms with van der Waals surface area (Å²) in [5.41, 5.74) is 7.94. The molecule has 6 atom stereocenters. The van der Waals surface area contributed by atoms with E-state index in [1.54, 1.807) is 24.5 Å². The van der Waals surface area contributed by atoms with Crippen LogP contribution in [-0.4, -0.2) is 60.0 Å². The molecule has 6 aliphatic rings. The van der Waals surface area contributed by atoms with E-state index in [-0.39, 0.29) is 24.0 Å². The van der Waals surface area contributed by atoms with Crippen LogP contribution >= 0.6 is 0 Å². The fourth-order valence-electron chi connectivity index (χ4n) is 10.5. The Hall–Kier alpha value is -6.20. The first-order valence-corrected chi connectivity index (χ1v) is 19.7. The van der Waals surface area contributed by atoms with Gasteiger partial charge in [-0.3, -0.25) is 29.5 Å². The smallest absolute Gasteiger partial charge is 0.260 e. The number of rotatable bonds is 6. The SMILES string of the molecule is Cc1ccc(NN2C(=O)C3CC4C(=CCC5C(=O)N(c6ccc(N7CCOCC7)cc6)C(=O)C54)C(C4=COc5ccc(O)cc5C4)C3(c3ccccc3)C2=O)cc1. The molecule has 0 spiro atoms. The largest absolute Gasteiger partial charge is 0.508 e. The van der Waals surface area contributed by atoms with Gasteiger partial charge >= 0.3 is 0 Å². The van der Waals surface area contributed by atoms with Gasteiger partial charge in [0.05, 0.1) is 54.0 Å². The van der Waals surface area contributed by atoms with Crippen LogP contribution in [0.3, 0.4) is 0 Å². The number of amides is 4. The summed E-state index contributed by atoms with van der Waals surface area (Å²) >= 11 is 0. The highest BCUT2D eigenvalue weighted by Gasteiger charge is 2.70. The molecule has 4 amide bonds. The summed E-state index contributed by atoms with van der Waals surface area (Å²) < 4.78 is 11.8. The molecule has 10 rings (SSSR count). The minimum atomic E-state index is -1.41. The Morgan fingerprint density at radius 1 is 0.807 bits per heavy atom. The maximum absolute atomic E-state index is 15.5. The molecule has 4 aromatic rings. The number of aryl methyl sites for hydroxylation is 1. The normalized spacial score (nSPS) is 27.9. The van der Waals surface area contributed by atoms with Crippen molar-refractivity contribution in [3.63, 3.8) is 0 Å². The van der Waals surface area contributed by atoms with Crippen LogP contribution in [0.2, 0.25) is 0 Å². The Bertz CT molecular complexity index is 2370. The number of allylic oxidation sites excluding steroid dienone is 3. The van der Waals surface area contributed by atoms with E-state index in [0.717, 1.165) is 41.1 Å². The highest BCUT2D eigenvalue weighted by molar-refractivity contribution is 6.22. The van der Waals surface area contributed by atoms with Crippen LogP contribution in [0.15, 0.2) is 121 Å². The predicted octanol–water partition coefficient (Wildman–Crippen LogP) is 6.08. The summed E-state index contributed by atoms with van der Waals surface area (Å²) in [6, 6.07) is 29.5. The van der Waals surface area contributed by atoms with Gasteiger partial charge in [0.2, 0.25) is 11.8 Å². The Morgan fingerprint density at radius 3 is 2.30 bits per heavy atom. The van der Waals surface area contributed by atoms with Crippen LogP contribution in [-0.2, 0) is 35.8 Å². The number of phenols is 1. The number of hydrogen-bond donors (Lipinski definition) is 2. The maximum Gasteiger partial charge on any atom is 0.260 e. The second-order valence-corrected chi connectivity index (χ2v) is 16.0. The number of nitrogens with one attached hydrogen (secondary N) is 1. The number of nitrogens with zero attached hydrogens (tertiary/aromatic N) is 3. The molecule has 6 unspecified atom stereocenters. The number of morpholine rings is 1. The number of carbonyl (C=O) groups is 4. The number of imide groups is 2. The Morgan fingerprint density at radius 2 is 1.54 bits per heavy atom. The number of hydrazine groups is 1. The lowest BCUT2D eigenvalue weighted by molar-refractivity contribution is -0.139. The van der Waals surface area contributed by atoms with Gasteiger partial charge in [-0.15, -0.1) is 0 Å². The molecule has 2 N–H and O–H groups in total. The fraction of sp³-hybridized carbons (Fsp3) is 0.304. The van der Waals surface area contributed by atoms with E-state index >= 15 is 4.79 Å². The molecule has 0 bridgehead atoms. The van der Waals surface area contributed by atoms with Gasteiger partial charge in [-0.2, -0.15) is 5.01 Å². The molecule has 0 aromatic heterocycles. The van der Waals surface area contributed by atoms with Crippen molar-refractivity contribution in [2.24, 2.45) is 29.6 Å². The Kier molecular flexibility index (Phi) is 8.33. The zero-order valence-corrected chi connectivity index (χ0v) is 31.5. The van der Waals surface area contributed by atoms with Crippen molar-refractivity contribution >= 4 is 40.7 Å². The molecule has 4 fully saturated rings. The lowest BCUT2D eigenvalue weighted by Gasteiger charge is -2.51. The van der Waals surface area contributed by atoms with Gasteiger partial charge in [-0.05, 0) is 91.4 Å². The number of fused-ring (bicyclic) bond motifs is 5. The number of aromatic hydroxyl groups is 1. The molecule has 57 heavy (non-hydrogen) atoms. The van der Waals surface area contributed by atoms with Crippen molar-refractivity contribution in [3.8, 4) is 11.5 Å². The lowest BCUT2D eigenvalue weighted by Crippen LogP contribution is -2.55.